The molecule has 100 valence electrons. The molecule has 0 unspecified atom stereocenters. The number of nitrogens with zero attached hydrogens (tertiary/aromatic N) is 3. The smallest absolute Gasteiger partial charge is 0.416 e. The van der Waals surface area contributed by atoms with E-state index in [4.69, 9.17) is 5.11 Å². The molecule has 0 spiro atoms. The van der Waals surface area contributed by atoms with Crippen LogP contribution in [0, 0.1) is 0 Å². The van der Waals surface area contributed by atoms with Crippen molar-refractivity contribution in [3.8, 4) is 5.69 Å². The predicted molar refractivity (Wildman–Crippen MR) is 61.0 cm³/mol. The van der Waals surface area contributed by atoms with Gasteiger partial charge in [0, 0.05) is 4.47 Å². The minimum atomic E-state index is -4.49. The minimum Gasteiger partial charge on any atom is -0.476 e. The van der Waals surface area contributed by atoms with Gasteiger partial charge in [0.05, 0.1) is 17.4 Å². The summed E-state index contributed by atoms with van der Waals surface area (Å²) < 4.78 is 39.1. The quantitative estimate of drug-likeness (QED) is 0.916. The number of rotatable bonds is 2. The lowest BCUT2D eigenvalue weighted by molar-refractivity contribution is -0.137. The lowest BCUT2D eigenvalue weighted by Gasteiger charge is -2.09. The molecule has 2 rings (SSSR count). The van der Waals surface area contributed by atoms with Gasteiger partial charge in [-0.25, -0.2) is 9.48 Å². The monoisotopic (exact) mass is 335 g/mol. The van der Waals surface area contributed by atoms with E-state index in [1.807, 2.05) is 0 Å². The zero-order chi connectivity index (χ0) is 14.2. The molecule has 0 radical (unpaired) electrons. The topological polar surface area (TPSA) is 68.0 Å². The van der Waals surface area contributed by atoms with Gasteiger partial charge in [-0.2, -0.15) is 13.2 Å². The van der Waals surface area contributed by atoms with Crippen LogP contribution >= 0.6 is 15.9 Å². The van der Waals surface area contributed by atoms with Crippen molar-refractivity contribution in [3.05, 3.63) is 40.1 Å². The Balaban J connectivity index is 2.51. The molecule has 0 saturated heterocycles. The molecule has 0 aliphatic carbocycles. The number of aromatic carboxylic acids is 1. The molecule has 1 aromatic heterocycles. The predicted octanol–water partition coefficient (Wildman–Crippen LogP) is 2.75. The molecule has 0 aliphatic heterocycles. The molecule has 0 aliphatic rings. The normalized spacial score (nSPS) is 11.6. The molecule has 9 heteroatoms. The minimum absolute atomic E-state index is 0.0508. The Kier molecular flexibility index (Phi) is 3.31. The van der Waals surface area contributed by atoms with Crippen molar-refractivity contribution in [2.24, 2.45) is 0 Å². The summed E-state index contributed by atoms with van der Waals surface area (Å²) in [4.78, 5) is 10.6. The van der Waals surface area contributed by atoms with Gasteiger partial charge in [-0.3, -0.25) is 0 Å². The van der Waals surface area contributed by atoms with Crippen LogP contribution in [0.4, 0.5) is 13.2 Å². The Morgan fingerprint density at radius 2 is 2.05 bits per heavy atom. The van der Waals surface area contributed by atoms with Gasteiger partial charge in [0.1, 0.15) is 0 Å². The van der Waals surface area contributed by atoms with Gasteiger partial charge in [0.25, 0.3) is 0 Å². The standard InChI is InChI=1S/C10H5BrF3N3O2/c11-6-2-1-5(10(12,13)14)3-8(6)17-4-7(9(18)19)15-16-17/h1-4H,(H,18,19). The lowest BCUT2D eigenvalue weighted by atomic mass is 10.2. The maximum absolute atomic E-state index is 12.6. The highest BCUT2D eigenvalue weighted by Crippen LogP contribution is 2.32. The van der Waals surface area contributed by atoms with Crippen molar-refractivity contribution >= 4 is 21.9 Å². The molecule has 19 heavy (non-hydrogen) atoms. The summed E-state index contributed by atoms with van der Waals surface area (Å²) in [6, 6.07) is 2.97. The molecule has 0 saturated carbocycles. The van der Waals surface area contributed by atoms with E-state index in [1.54, 1.807) is 0 Å². The van der Waals surface area contributed by atoms with Crippen molar-refractivity contribution in [3.63, 3.8) is 0 Å². The molecule has 1 heterocycles. The summed E-state index contributed by atoms with van der Waals surface area (Å²) in [5.41, 5.74) is -1.17. The third-order valence-corrected chi connectivity index (χ3v) is 2.90. The van der Waals surface area contributed by atoms with Gasteiger partial charge < -0.3 is 5.11 Å². The number of hydrogen-bond acceptors (Lipinski definition) is 3. The van der Waals surface area contributed by atoms with E-state index in [-0.39, 0.29) is 11.4 Å². The van der Waals surface area contributed by atoms with Crippen LogP contribution in [-0.2, 0) is 6.18 Å². The van der Waals surface area contributed by atoms with Crippen LogP contribution in [0.2, 0.25) is 0 Å². The number of carboxylic acids is 1. The van der Waals surface area contributed by atoms with Crippen LogP contribution in [0.3, 0.4) is 0 Å². The first-order valence-corrected chi connectivity index (χ1v) is 5.61. The Hall–Kier alpha value is -1.90. The van der Waals surface area contributed by atoms with Gasteiger partial charge in [-0.1, -0.05) is 5.21 Å². The second-order valence-electron chi connectivity index (χ2n) is 3.52. The Morgan fingerprint density at radius 3 is 2.58 bits per heavy atom. The first-order valence-electron chi connectivity index (χ1n) is 4.82. The summed E-state index contributed by atoms with van der Waals surface area (Å²) in [7, 11) is 0. The SMILES string of the molecule is O=C(O)c1cn(-c2cc(C(F)(F)F)ccc2Br)nn1. The number of alkyl halides is 3. The van der Waals surface area contributed by atoms with E-state index in [0.717, 1.165) is 23.0 Å². The average Bonchev–Trinajstić information content (AvgIpc) is 2.77. The second kappa shape index (κ2) is 4.65. The van der Waals surface area contributed by atoms with Crippen LogP contribution in [0.5, 0.6) is 0 Å². The number of carboxylic acid groups (broad SMARTS) is 1. The molecular weight excluding hydrogens is 331 g/mol. The summed E-state index contributed by atoms with van der Waals surface area (Å²) in [6.45, 7) is 0. The molecule has 1 aromatic carbocycles. The van der Waals surface area contributed by atoms with E-state index >= 15 is 0 Å². The molecular formula is C10H5BrF3N3O2. The zero-order valence-corrected chi connectivity index (χ0v) is 10.6. The van der Waals surface area contributed by atoms with Crippen LogP contribution in [0.25, 0.3) is 5.69 Å². The van der Waals surface area contributed by atoms with Crippen LogP contribution in [-0.4, -0.2) is 26.1 Å². The van der Waals surface area contributed by atoms with Gasteiger partial charge >= 0.3 is 12.1 Å². The highest BCUT2D eigenvalue weighted by molar-refractivity contribution is 9.10. The fourth-order valence-electron chi connectivity index (χ4n) is 1.34. The molecule has 0 fully saturated rings. The second-order valence-corrected chi connectivity index (χ2v) is 4.37. The fraction of sp³-hybridized carbons (Fsp3) is 0.100. The molecule has 0 amide bonds. The summed E-state index contributed by atoms with van der Waals surface area (Å²) in [5, 5.41) is 15.5. The van der Waals surface area contributed by atoms with Crippen LogP contribution in [0.1, 0.15) is 16.1 Å². The highest BCUT2D eigenvalue weighted by Gasteiger charge is 2.31. The number of hydrogen-bond donors (Lipinski definition) is 1. The molecule has 0 atom stereocenters. The third kappa shape index (κ3) is 2.75. The number of halogens is 4. The number of carbonyl (C=O) groups is 1. The molecule has 2 aromatic rings. The first-order chi connectivity index (χ1) is 8.79. The maximum Gasteiger partial charge on any atom is 0.416 e. The van der Waals surface area contributed by atoms with E-state index in [1.165, 1.54) is 6.07 Å². The third-order valence-electron chi connectivity index (χ3n) is 2.23. The van der Waals surface area contributed by atoms with Crippen LogP contribution in [0.15, 0.2) is 28.9 Å². The molecule has 0 bridgehead atoms. The summed E-state index contributed by atoms with van der Waals surface area (Å²) in [6.07, 6.45) is -3.46. The van der Waals surface area contributed by atoms with Crippen molar-refractivity contribution in [2.45, 2.75) is 6.18 Å². The van der Waals surface area contributed by atoms with Gasteiger partial charge in [-0.05, 0) is 34.1 Å². The Labute approximate surface area is 112 Å². The van der Waals surface area contributed by atoms with Crippen molar-refractivity contribution in [2.75, 3.05) is 0 Å². The van der Waals surface area contributed by atoms with Crippen LogP contribution < -0.4 is 0 Å². The largest absolute Gasteiger partial charge is 0.476 e. The van der Waals surface area contributed by atoms with E-state index in [9.17, 15) is 18.0 Å². The van der Waals surface area contributed by atoms with Crippen molar-refractivity contribution < 1.29 is 23.1 Å². The maximum atomic E-state index is 12.6. The van der Waals surface area contributed by atoms with Crippen molar-refractivity contribution in [1.82, 2.24) is 15.0 Å². The van der Waals surface area contributed by atoms with Gasteiger partial charge in [0.2, 0.25) is 0 Å². The van der Waals surface area contributed by atoms with Crippen molar-refractivity contribution in [1.29, 1.82) is 0 Å². The molecule has 1 N–H and O–H groups in total. The highest BCUT2D eigenvalue weighted by atomic mass is 79.9. The zero-order valence-electron chi connectivity index (χ0n) is 9.02. The molecule has 5 nitrogen and oxygen atoms in total. The fourth-order valence-corrected chi connectivity index (χ4v) is 1.77. The lowest BCUT2D eigenvalue weighted by Crippen LogP contribution is -2.07. The number of aromatic nitrogens is 3. The summed E-state index contributed by atoms with van der Waals surface area (Å²) in [5.74, 6) is -1.31. The summed E-state index contributed by atoms with van der Waals surface area (Å²) >= 11 is 3.08. The van der Waals surface area contributed by atoms with Gasteiger partial charge in [0.15, 0.2) is 5.69 Å². The van der Waals surface area contributed by atoms with Gasteiger partial charge in [-0.15, -0.1) is 5.10 Å². The Bertz CT molecular complexity index is 639. The van der Waals surface area contributed by atoms with E-state index in [2.05, 4.69) is 26.2 Å². The first kappa shape index (κ1) is 13.5. The Morgan fingerprint density at radius 1 is 1.37 bits per heavy atom. The average molecular weight is 336 g/mol. The van der Waals surface area contributed by atoms with E-state index < -0.39 is 17.7 Å². The number of benzene rings is 1. The van der Waals surface area contributed by atoms with E-state index in [0.29, 0.717) is 4.47 Å².